The Balaban J connectivity index is 0.000000162. The quantitative estimate of drug-likeness (QED) is 0.0317. The minimum Gasteiger partial charge on any atom is -0.444 e. The van der Waals surface area contributed by atoms with Gasteiger partial charge in [-0.25, -0.2) is 97.2 Å². The van der Waals surface area contributed by atoms with Gasteiger partial charge in [-0.3, -0.25) is 0 Å². The van der Waals surface area contributed by atoms with Crippen LogP contribution in [0.5, 0.6) is 0 Å². The first-order chi connectivity index (χ1) is 65.0. The molecule has 0 spiro atoms. The van der Waals surface area contributed by atoms with E-state index in [4.69, 9.17) is 71.5 Å². The molecule has 16 rings (SSSR count). The van der Waals surface area contributed by atoms with Gasteiger partial charge in [-0.05, 0) is 213 Å². The number of pyridine rings is 3. The first-order valence-corrected chi connectivity index (χ1v) is 50.5. The summed E-state index contributed by atoms with van der Waals surface area (Å²) in [5.74, 6) is 0.0210. The van der Waals surface area contributed by atoms with Crippen LogP contribution in [-0.2, 0) is 34.3 Å². The van der Waals surface area contributed by atoms with Crippen molar-refractivity contribution in [2.45, 2.75) is 261 Å². The number of nitrogens with zero attached hydrogens (tertiary/aromatic N) is 12. The smallest absolute Gasteiger partial charge is 0.407 e. The van der Waals surface area contributed by atoms with Crippen LogP contribution in [0.15, 0.2) is 132 Å². The molecular weight excluding hydrogens is 1860 g/mol. The van der Waals surface area contributed by atoms with Gasteiger partial charge in [-0.1, -0.05) is 134 Å². The van der Waals surface area contributed by atoms with Crippen molar-refractivity contribution in [3.8, 4) is 40.2 Å². The van der Waals surface area contributed by atoms with E-state index < -0.39 is 66.5 Å². The SMILES string of the molecule is CC(C)(C)OC(=O)N[C@@H]1CCCC[C@H]1C#N.CC(C)(C)OC(=O)N[C@@H]1CCCC[C@H]1CN.Cc1ccc(S(=O)(=O)n2cc(-c3ncc(F)c(NC[C@@H]4CCCC[C@H]4N)n3)c3cc(Cl)cnc32)cc1.Cc1ccc(S(=O)(=O)n2cc(-c3ncc(F)c(NC[C@@H]4CCCC[C@H]4NC(=O)OC(C)(C)C)n3)c3cc(Cl)cnc32)cc1.N[C@@H]1CCCC[C@H]1CNc1nc(-c2c[nH]c3ncc(Cl)cc23)ncc1F. The topological polar surface area (TPSA) is 463 Å². The molecular formula is C97H124Cl3F3N22O10S2. The number of aromatic nitrogens is 12. The number of alkyl carbamates (subject to hydrolysis) is 3. The fraction of sp³-hybridized carbons (Fsp3) is 0.495. The molecule has 0 bridgehead atoms. The second kappa shape index (κ2) is 46.6. The number of aryl methyl sites for hydroxylation is 2. The lowest BCUT2D eigenvalue weighted by Crippen LogP contribution is -2.46. The van der Waals surface area contributed by atoms with E-state index in [-0.39, 0.29) is 104 Å². The number of fused-ring (bicyclic) bond motifs is 3. The summed E-state index contributed by atoms with van der Waals surface area (Å²) in [6.07, 6.45) is 31.4. The monoisotopic (exact) mass is 1980 g/mol. The average molecular weight is 1990 g/mol. The molecule has 736 valence electrons. The molecule has 32 nitrogen and oxygen atoms in total. The van der Waals surface area contributed by atoms with E-state index in [1.165, 1.54) is 62.4 Å². The van der Waals surface area contributed by atoms with Crippen molar-refractivity contribution in [3.63, 3.8) is 0 Å². The lowest BCUT2D eigenvalue weighted by molar-refractivity contribution is 0.0460. The average Bonchev–Trinajstić information content (AvgIpc) is 1.59. The number of amides is 3. The Morgan fingerprint density at radius 3 is 1.19 bits per heavy atom. The first-order valence-electron chi connectivity index (χ1n) is 46.5. The molecule has 3 amide bonds. The van der Waals surface area contributed by atoms with Crippen LogP contribution in [0.1, 0.15) is 202 Å². The van der Waals surface area contributed by atoms with Gasteiger partial charge in [0.05, 0.1) is 55.4 Å². The van der Waals surface area contributed by atoms with E-state index in [2.05, 4.69) is 87.8 Å². The van der Waals surface area contributed by atoms with E-state index in [0.29, 0.717) is 86.5 Å². The predicted octanol–water partition coefficient (Wildman–Crippen LogP) is 19.5. The van der Waals surface area contributed by atoms with Crippen molar-refractivity contribution >= 4 is 124 Å². The molecule has 0 radical (unpaired) electrons. The molecule has 9 aromatic heterocycles. The number of hydrogen-bond donors (Lipinski definition) is 10. The highest BCUT2D eigenvalue weighted by Gasteiger charge is 2.35. The van der Waals surface area contributed by atoms with Crippen LogP contribution in [0.25, 0.3) is 67.3 Å². The van der Waals surface area contributed by atoms with Crippen molar-refractivity contribution in [2.75, 3.05) is 42.1 Å². The second-order valence-corrected chi connectivity index (χ2v) is 43.4. The summed E-state index contributed by atoms with van der Waals surface area (Å²) >= 11 is 18.5. The molecule has 11 aromatic rings. The zero-order chi connectivity index (χ0) is 98.8. The molecule has 10 atom stereocenters. The highest BCUT2D eigenvalue weighted by atomic mass is 35.5. The van der Waals surface area contributed by atoms with Gasteiger partial charge in [0, 0.05) is 120 Å². The number of halogens is 6. The summed E-state index contributed by atoms with van der Waals surface area (Å²) in [7, 11) is -8.01. The van der Waals surface area contributed by atoms with Crippen molar-refractivity contribution < 1.29 is 58.6 Å². The molecule has 13 N–H and O–H groups in total. The molecule has 0 saturated heterocycles. The Morgan fingerprint density at radius 2 is 0.796 bits per heavy atom. The Kier molecular flexibility index (Phi) is 35.6. The van der Waals surface area contributed by atoms with Crippen molar-refractivity contribution in [3.05, 3.63) is 166 Å². The van der Waals surface area contributed by atoms with Crippen LogP contribution in [0.3, 0.4) is 0 Å². The lowest BCUT2D eigenvalue weighted by Gasteiger charge is -2.33. The summed E-state index contributed by atoms with van der Waals surface area (Å²) in [6, 6.07) is 20.4. The van der Waals surface area contributed by atoms with Crippen molar-refractivity contribution in [2.24, 2.45) is 46.8 Å². The summed E-state index contributed by atoms with van der Waals surface area (Å²) < 4.78 is 116. The van der Waals surface area contributed by atoms with Gasteiger partial charge in [-0.15, -0.1) is 0 Å². The number of hydrogen-bond acceptors (Lipinski definition) is 26. The van der Waals surface area contributed by atoms with Gasteiger partial charge in [0.15, 0.2) is 63.7 Å². The van der Waals surface area contributed by atoms with Gasteiger partial charge >= 0.3 is 18.3 Å². The van der Waals surface area contributed by atoms with Gasteiger partial charge in [0.1, 0.15) is 22.5 Å². The third-order valence-electron chi connectivity index (χ3n) is 24.5. The van der Waals surface area contributed by atoms with E-state index in [0.717, 1.165) is 152 Å². The fourth-order valence-electron chi connectivity index (χ4n) is 17.3. The maximum atomic E-state index is 14.9. The molecule has 2 aromatic carbocycles. The highest BCUT2D eigenvalue weighted by molar-refractivity contribution is 7.90. The minimum absolute atomic E-state index is 0.0173. The summed E-state index contributed by atoms with van der Waals surface area (Å²) in [5, 5.41) is 29.7. The van der Waals surface area contributed by atoms with E-state index >= 15 is 0 Å². The van der Waals surface area contributed by atoms with Crippen molar-refractivity contribution in [1.29, 1.82) is 5.26 Å². The maximum absolute atomic E-state index is 14.9. The van der Waals surface area contributed by atoms with Crippen LogP contribution in [-0.4, -0.2) is 166 Å². The summed E-state index contributed by atoms with van der Waals surface area (Å²) in [6.45, 7) is 22.3. The summed E-state index contributed by atoms with van der Waals surface area (Å²) in [5.41, 5.74) is 20.8. The van der Waals surface area contributed by atoms with Crippen LogP contribution >= 0.6 is 34.8 Å². The molecule has 5 fully saturated rings. The Morgan fingerprint density at radius 1 is 0.460 bits per heavy atom. The number of anilines is 3. The predicted molar refractivity (Wildman–Crippen MR) is 526 cm³/mol. The van der Waals surface area contributed by atoms with Crippen molar-refractivity contribution in [1.82, 2.24) is 73.7 Å². The third kappa shape index (κ3) is 28.6. The zero-order valence-corrected chi connectivity index (χ0v) is 83.0. The Bertz CT molecular complexity index is 6290. The van der Waals surface area contributed by atoms with E-state index in [1.807, 2.05) is 55.4 Å². The van der Waals surface area contributed by atoms with Crippen LogP contribution in [0.2, 0.25) is 15.1 Å². The number of benzene rings is 2. The van der Waals surface area contributed by atoms with Gasteiger partial charge in [0.2, 0.25) is 0 Å². The first kappa shape index (κ1) is 105. The van der Waals surface area contributed by atoms with E-state index in [1.54, 1.807) is 87.8 Å². The number of carbonyl (C=O) groups excluding carboxylic acids is 3. The largest absolute Gasteiger partial charge is 0.444 e. The molecule has 5 saturated carbocycles. The molecule has 5 aliphatic carbocycles. The summed E-state index contributed by atoms with van der Waals surface area (Å²) in [4.78, 5) is 77.3. The fourth-order valence-corrected chi connectivity index (χ4v) is 20.4. The molecule has 137 heavy (non-hydrogen) atoms. The standard InChI is InChI=1S/C30H34ClFN6O4S.C25H26ClFN6O2S.C18H20ClFN6.C12H24N2O2.C12H20N2O2/c1-18-9-11-21(12-10-18)43(40,41)38-17-23(22-13-20(31)15-35-28(22)38)26-34-16-24(32)27(37-26)33-14-19-7-5-6-8-25(19)36-29(39)42-30(2,3)4;1-15-6-8-18(9-7-15)36(34,35)33-14-20(19-10-17(26)12-31-25(19)33)23-30-13-21(27)24(32-23)29-11-16-4-2-3-5-22(16)28;19-11-5-12-13(8-24-16(12)23-7-11)17-25-9-14(20)18(26-17)22-6-10-3-1-2-4-15(10)21;2*1-12(2,3)16-11(15)14-10-7-5-4-6-9(10)8-13/h9-13,15-17,19,25H,5-8,14H2,1-4H3,(H,36,39)(H,33,34,37);6-10,12-14,16,22H,2-5,11,28H2,1H3,(H,29,30,32);5,7-10,15H,1-4,6,21H2,(H,23,24)(H,22,25,26);9-10H,4-8,13H2,1-3H3,(H,14,15);9-10H,4-7H2,1-3H3,(H,14,15)/t19-,25+;16-,22+;10-,15+;2*9-,10+/m00000/s1. The number of nitrogens with two attached hydrogens (primary N) is 3. The Labute approximate surface area is 812 Å². The lowest BCUT2D eigenvalue weighted by atomic mass is 9.84. The number of aromatic amines is 1. The van der Waals surface area contributed by atoms with Gasteiger partial charge in [0.25, 0.3) is 20.0 Å². The van der Waals surface area contributed by atoms with Crippen LogP contribution < -0.4 is 49.1 Å². The molecule has 9 heterocycles. The van der Waals surface area contributed by atoms with E-state index in [9.17, 15) is 44.4 Å². The Hall–Kier alpha value is -11.1. The molecule has 0 aliphatic heterocycles. The minimum atomic E-state index is -4.03. The maximum Gasteiger partial charge on any atom is 0.407 e. The number of nitrogens with one attached hydrogen (secondary N) is 7. The zero-order valence-electron chi connectivity index (χ0n) is 79.1. The molecule has 0 unspecified atom stereocenters. The van der Waals surface area contributed by atoms with Gasteiger partial charge < -0.3 is 68.3 Å². The molecule has 5 aliphatic rings. The third-order valence-corrected chi connectivity index (χ3v) is 28.4. The number of H-pyrrole nitrogens is 1. The second-order valence-electron chi connectivity index (χ2n) is 38.4. The number of rotatable bonds is 20. The number of nitriles is 1. The number of carbonyl (C=O) groups is 3. The number of ether oxygens (including phenoxy) is 3. The molecule has 40 heteroatoms. The normalized spacial score (nSPS) is 20.3. The highest BCUT2D eigenvalue weighted by Crippen LogP contribution is 2.39. The van der Waals surface area contributed by atoms with Crippen LogP contribution in [0.4, 0.5) is 45.0 Å². The van der Waals surface area contributed by atoms with Crippen LogP contribution in [0, 0.1) is 72.2 Å². The van der Waals surface area contributed by atoms with Gasteiger partial charge in [-0.2, -0.15) is 5.26 Å².